The summed E-state index contributed by atoms with van der Waals surface area (Å²) in [6.07, 6.45) is 2.65. The molecule has 0 bridgehead atoms. The van der Waals surface area contributed by atoms with Gasteiger partial charge >= 0.3 is 5.97 Å². The highest BCUT2D eigenvalue weighted by Gasteiger charge is 2.44. The van der Waals surface area contributed by atoms with Crippen LogP contribution < -0.4 is 5.32 Å². The van der Waals surface area contributed by atoms with Gasteiger partial charge in [0.25, 0.3) is 0 Å². The molecule has 1 aromatic heterocycles. The van der Waals surface area contributed by atoms with Gasteiger partial charge in [-0.1, -0.05) is 6.42 Å². The molecule has 3 nitrogen and oxygen atoms in total. The maximum Gasteiger partial charge on any atom is 0.311 e. The van der Waals surface area contributed by atoms with Gasteiger partial charge in [0, 0.05) is 6.54 Å². The quantitative estimate of drug-likeness (QED) is 0.828. The number of anilines is 1. The van der Waals surface area contributed by atoms with Crippen molar-refractivity contribution in [1.82, 2.24) is 0 Å². The Kier molecular flexibility index (Phi) is 2.69. The van der Waals surface area contributed by atoms with Crippen LogP contribution in [0, 0.1) is 12.3 Å². The van der Waals surface area contributed by atoms with Crippen molar-refractivity contribution in [3.63, 3.8) is 0 Å². The molecule has 0 radical (unpaired) electrons. The standard InChI is InChI=1S/C11H15NO2S/c1-8-3-6-15-9(8)12-7-11(10(13)14)4-2-5-11/h3,6,12H,2,4-5,7H2,1H3,(H,13,14). The van der Waals surface area contributed by atoms with Crippen molar-refractivity contribution in [2.45, 2.75) is 26.2 Å². The van der Waals surface area contributed by atoms with Gasteiger partial charge in [-0.25, -0.2) is 0 Å². The summed E-state index contributed by atoms with van der Waals surface area (Å²) in [5, 5.41) is 15.5. The third-order valence-corrected chi connectivity index (χ3v) is 4.19. The van der Waals surface area contributed by atoms with E-state index in [1.165, 1.54) is 5.56 Å². The minimum Gasteiger partial charge on any atom is -0.481 e. The molecule has 0 atom stereocenters. The van der Waals surface area contributed by atoms with Gasteiger partial charge in [0.15, 0.2) is 0 Å². The Hall–Kier alpha value is -1.03. The Bertz CT molecular complexity index is 368. The molecule has 82 valence electrons. The normalized spacial score (nSPS) is 18.2. The Balaban J connectivity index is 1.98. The number of thiophene rings is 1. The van der Waals surface area contributed by atoms with Crippen LogP contribution >= 0.6 is 11.3 Å². The molecule has 0 aromatic carbocycles. The van der Waals surface area contributed by atoms with Gasteiger partial charge in [-0.3, -0.25) is 4.79 Å². The molecule has 1 aromatic rings. The fourth-order valence-electron chi connectivity index (χ4n) is 1.87. The summed E-state index contributed by atoms with van der Waals surface area (Å²) in [4.78, 5) is 11.1. The van der Waals surface area contributed by atoms with E-state index in [0.29, 0.717) is 6.54 Å². The lowest BCUT2D eigenvalue weighted by molar-refractivity contribution is -0.153. The maximum atomic E-state index is 11.1. The van der Waals surface area contributed by atoms with Crippen LogP contribution in [0.15, 0.2) is 11.4 Å². The van der Waals surface area contributed by atoms with Gasteiger partial charge < -0.3 is 10.4 Å². The summed E-state index contributed by atoms with van der Waals surface area (Å²) in [6, 6.07) is 2.04. The number of carbonyl (C=O) groups is 1. The first-order valence-electron chi connectivity index (χ1n) is 5.15. The molecule has 0 aliphatic heterocycles. The lowest BCUT2D eigenvalue weighted by Crippen LogP contribution is -2.43. The third kappa shape index (κ3) is 1.86. The van der Waals surface area contributed by atoms with Crippen LogP contribution in [0.25, 0.3) is 0 Å². The highest BCUT2D eigenvalue weighted by Crippen LogP contribution is 2.41. The first kappa shape index (κ1) is 10.5. The van der Waals surface area contributed by atoms with E-state index in [2.05, 4.69) is 5.32 Å². The van der Waals surface area contributed by atoms with Gasteiger partial charge in [-0.05, 0) is 36.8 Å². The monoisotopic (exact) mass is 225 g/mol. The molecular formula is C11H15NO2S. The molecule has 2 N–H and O–H groups in total. The van der Waals surface area contributed by atoms with Crippen molar-refractivity contribution < 1.29 is 9.90 Å². The second-order valence-electron chi connectivity index (χ2n) is 4.23. The highest BCUT2D eigenvalue weighted by atomic mass is 32.1. The van der Waals surface area contributed by atoms with E-state index in [1.807, 2.05) is 18.4 Å². The highest BCUT2D eigenvalue weighted by molar-refractivity contribution is 7.14. The first-order chi connectivity index (χ1) is 7.14. The third-order valence-electron chi connectivity index (χ3n) is 3.21. The van der Waals surface area contributed by atoms with Crippen LogP contribution in [-0.2, 0) is 4.79 Å². The molecule has 0 saturated heterocycles. The SMILES string of the molecule is Cc1ccsc1NCC1(C(=O)O)CCC1. The van der Waals surface area contributed by atoms with Crippen molar-refractivity contribution in [2.24, 2.45) is 5.41 Å². The topological polar surface area (TPSA) is 49.3 Å². The van der Waals surface area contributed by atoms with Gasteiger partial charge in [0.05, 0.1) is 10.4 Å². The predicted molar refractivity (Wildman–Crippen MR) is 61.5 cm³/mol. The van der Waals surface area contributed by atoms with Crippen molar-refractivity contribution in [2.75, 3.05) is 11.9 Å². The Morgan fingerprint density at radius 1 is 1.67 bits per heavy atom. The zero-order chi connectivity index (χ0) is 10.9. The molecule has 1 fully saturated rings. The molecule has 4 heteroatoms. The summed E-state index contributed by atoms with van der Waals surface area (Å²) in [7, 11) is 0. The number of aliphatic carboxylic acids is 1. The van der Waals surface area contributed by atoms with Crippen molar-refractivity contribution in [3.05, 3.63) is 17.0 Å². The summed E-state index contributed by atoms with van der Waals surface area (Å²) in [6.45, 7) is 2.59. The first-order valence-corrected chi connectivity index (χ1v) is 6.03. The Labute approximate surface area is 93.1 Å². The van der Waals surface area contributed by atoms with Crippen molar-refractivity contribution in [1.29, 1.82) is 0 Å². The van der Waals surface area contributed by atoms with Gasteiger partial charge in [-0.2, -0.15) is 0 Å². The van der Waals surface area contributed by atoms with E-state index in [4.69, 9.17) is 5.11 Å². The smallest absolute Gasteiger partial charge is 0.311 e. The summed E-state index contributed by atoms with van der Waals surface area (Å²) < 4.78 is 0. The molecule has 0 spiro atoms. The minimum absolute atomic E-state index is 0.504. The van der Waals surface area contributed by atoms with Gasteiger partial charge in [0.1, 0.15) is 0 Å². The van der Waals surface area contributed by atoms with E-state index in [0.717, 1.165) is 24.3 Å². The predicted octanol–water partition coefficient (Wildman–Crippen LogP) is 2.72. The number of nitrogens with one attached hydrogen (secondary N) is 1. The number of rotatable bonds is 4. The summed E-state index contributed by atoms with van der Waals surface area (Å²) >= 11 is 1.63. The molecule has 1 aliphatic carbocycles. The fourth-order valence-corrected chi connectivity index (χ4v) is 2.69. The Morgan fingerprint density at radius 2 is 2.40 bits per heavy atom. The number of hydrogen-bond donors (Lipinski definition) is 2. The zero-order valence-electron chi connectivity index (χ0n) is 8.75. The molecule has 1 aliphatic rings. The number of carboxylic acids is 1. The second kappa shape index (κ2) is 3.85. The van der Waals surface area contributed by atoms with E-state index >= 15 is 0 Å². The van der Waals surface area contributed by atoms with Gasteiger partial charge in [0.2, 0.25) is 0 Å². The minimum atomic E-state index is -0.657. The molecule has 1 saturated carbocycles. The largest absolute Gasteiger partial charge is 0.481 e. The van der Waals surface area contributed by atoms with Crippen LogP contribution in [0.3, 0.4) is 0 Å². The fraction of sp³-hybridized carbons (Fsp3) is 0.545. The molecular weight excluding hydrogens is 210 g/mol. The van der Waals surface area contributed by atoms with Gasteiger partial charge in [-0.15, -0.1) is 11.3 Å². The summed E-state index contributed by atoms with van der Waals surface area (Å²) in [5.74, 6) is -0.657. The average Bonchev–Trinajstić information content (AvgIpc) is 2.49. The zero-order valence-corrected chi connectivity index (χ0v) is 9.56. The van der Waals surface area contributed by atoms with E-state index in [9.17, 15) is 4.79 Å². The Morgan fingerprint density at radius 3 is 2.80 bits per heavy atom. The molecule has 1 heterocycles. The molecule has 15 heavy (non-hydrogen) atoms. The van der Waals surface area contributed by atoms with E-state index in [-0.39, 0.29) is 0 Å². The van der Waals surface area contributed by atoms with E-state index < -0.39 is 11.4 Å². The number of aryl methyl sites for hydroxylation is 1. The van der Waals surface area contributed by atoms with Crippen molar-refractivity contribution >= 4 is 22.3 Å². The molecule has 0 amide bonds. The number of carboxylic acid groups (broad SMARTS) is 1. The van der Waals surface area contributed by atoms with Crippen LogP contribution in [0.2, 0.25) is 0 Å². The van der Waals surface area contributed by atoms with Crippen LogP contribution in [0.5, 0.6) is 0 Å². The van der Waals surface area contributed by atoms with Crippen molar-refractivity contribution in [3.8, 4) is 0 Å². The van der Waals surface area contributed by atoms with Crippen LogP contribution in [-0.4, -0.2) is 17.6 Å². The maximum absolute atomic E-state index is 11.1. The number of hydrogen-bond acceptors (Lipinski definition) is 3. The average molecular weight is 225 g/mol. The van der Waals surface area contributed by atoms with Crippen LogP contribution in [0.4, 0.5) is 5.00 Å². The lowest BCUT2D eigenvalue weighted by atomic mass is 9.69. The van der Waals surface area contributed by atoms with E-state index in [1.54, 1.807) is 11.3 Å². The molecule has 2 rings (SSSR count). The lowest BCUT2D eigenvalue weighted by Gasteiger charge is -2.37. The van der Waals surface area contributed by atoms with Crippen LogP contribution in [0.1, 0.15) is 24.8 Å². The second-order valence-corrected chi connectivity index (χ2v) is 5.14. The molecule has 0 unspecified atom stereocenters. The summed E-state index contributed by atoms with van der Waals surface area (Å²) in [5.41, 5.74) is 0.691.